The highest BCUT2D eigenvalue weighted by atomic mass is 16.3. The van der Waals surface area contributed by atoms with E-state index in [0.29, 0.717) is 18.2 Å². The first kappa shape index (κ1) is 18.7. The quantitative estimate of drug-likeness (QED) is 0.633. The number of aromatic nitrogens is 2. The van der Waals surface area contributed by atoms with Gasteiger partial charge in [-0.3, -0.25) is 4.79 Å². The summed E-state index contributed by atoms with van der Waals surface area (Å²) in [5.74, 6) is 0.354. The first-order valence-electron chi connectivity index (χ1n) is 10.1. The molecule has 148 valence electrons. The number of hydrogen-bond acceptors (Lipinski definition) is 6. The van der Waals surface area contributed by atoms with E-state index in [1.165, 1.54) is 17.3 Å². The summed E-state index contributed by atoms with van der Waals surface area (Å²) >= 11 is 0. The lowest BCUT2D eigenvalue weighted by Gasteiger charge is -2.28. The smallest absolute Gasteiger partial charge is 0.254 e. The van der Waals surface area contributed by atoms with Crippen LogP contribution in [0.2, 0.25) is 0 Å². The number of nitrogens with zero attached hydrogens (tertiary/aromatic N) is 2. The third-order valence-electron chi connectivity index (χ3n) is 5.71. The molecular formula is C21H27N5O2. The Bertz CT molecular complexity index is 856. The number of anilines is 2. The Labute approximate surface area is 164 Å². The van der Waals surface area contributed by atoms with Crippen LogP contribution in [0.3, 0.4) is 0 Å². The number of hydrogen-bond donors (Lipinski definition) is 4. The molecule has 0 radical (unpaired) electrons. The van der Waals surface area contributed by atoms with E-state index in [0.717, 1.165) is 38.5 Å². The highest BCUT2D eigenvalue weighted by Crippen LogP contribution is 2.32. The van der Waals surface area contributed by atoms with Gasteiger partial charge in [-0.15, -0.1) is 0 Å². The lowest BCUT2D eigenvalue weighted by Crippen LogP contribution is -2.31. The van der Waals surface area contributed by atoms with Crippen LogP contribution in [0, 0.1) is 0 Å². The molecule has 3 atom stereocenters. The fourth-order valence-corrected chi connectivity index (χ4v) is 4.29. The normalized spacial score (nSPS) is 24.2. The van der Waals surface area contributed by atoms with Gasteiger partial charge >= 0.3 is 0 Å². The van der Waals surface area contributed by atoms with Gasteiger partial charge in [0.15, 0.2) is 0 Å². The number of aliphatic hydroxyl groups is 1. The number of benzene rings is 1. The van der Waals surface area contributed by atoms with Crippen LogP contribution < -0.4 is 16.4 Å². The Morgan fingerprint density at radius 2 is 2.00 bits per heavy atom. The summed E-state index contributed by atoms with van der Waals surface area (Å²) in [7, 11) is 0. The maximum absolute atomic E-state index is 11.8. The Hall–Kier alpha value is -2.67. The topological polar surface area (TPSA) is 113 Å². The number of nitrogens with two attached hydrogens (primary N) is 1. The molecule has 7 nitrogen and oxygen atoms in total. The Morgan fingerprint density at radius 1 is 1.14 bits per heavy atom. The minimum atomic E-state index is -0.562. The fraction of sp³-hybridized carbons (Fsp3) is 0.476. The van der Waals surface area contributed by atoms with Crippen LogP contribution >= 0.6 is 0 Å². The molecule has 1 aromatic carbocycles. The number of aryl methyl sites for hydroxylation is 1. The van der Waals surface area contributed by atoms with E-state index in [9.17, 15) is 9.90 Å². The molecule has 7 heteroatoms. The van der Waals surface area contributed by atoms with E-state index in [1.54, 1.807) is 0 Å². The number of nitrogens with one attached hydrogen (secondary N) is 2. The van der Waals surface area contributed by atoms with Gasteiger partial charge in [0.05, 0.1) is 17.7 Å². The molecule has 1 aromatic heterocycles. The fourth-order valence-electron chi connectivity index (χ4n) is 4.29. The van der Waals surface area contributed by atoms with Gasteiger partial charge in [0, 0.05) is 12.2 Å². The number of fused-ring (bicyclic) bond motifs is 1. The van der Waals surface area contributed by atoms with Crippen LogP contribution in [-0.4, -0.2) is 33.1 Å². The molecule has 5 N–H and O–H groups in total. The molecule has 2 aliphatic rings. The standard InChI is InChI=1S/C21H27N5O2/c22-19(28)17-12-23-21(26-20(17)24-14-7-4-8-15(27)11-14)25-18-10-3-6-13-5-1-2-9-16(13)18/h1-2,5,9,12,14-15,18,27H,3-4,6-8,10-11H2,(H2,22,28)(H2,23,24,25,26)/t14-,15+,18-/m1/s1. The largest absolute Gasteiger partial charge is 0.393 e. The monoisotopic (exact) mass is 381 g/mol. The predicted molar refractivity (Wildman–Crippen MR) is 108 cm³/mol. The van der Waals surface area contributed by atoms with Crippen LogP contribution in [0.1, 0.15) is 66.1 Å². The average Bonchev–Trinajstić information content (AvgIpc) is 2.68. The van der Waals surface area contributed by atoms with Gasteiger partial charge < -0.3 is 21.5 Å². The van der Waals surface area contributed by atoms with Crippen LogP contribution in [-0.2, 0) is 6.42 Å². The van der Waals surface area contributed by atoms with Crippen molar-refractivity contribution in [3.8, 4) is 0 Å². The Kier molecular flexibility index (Phi) is 5.43. The van der Waals surface area contributed by atoms with Gasteiger partial charge in [-0.2, -0.15) is 4.98 Å². The molecule has 0 saturated heterocycles. The second-order valence-electron chi connectivity index (χ2n) is 7.77. The van der Waals surface area contributed by atoms with Crippen molar-refractivity contribution in [2.45, 2.75) is 63.1 Å². The molecule has 0 bridgehead atoms. The van der Waals surface area contributed by atoms with Crippen LogP contribution in [0.25, 0.3) is 0 Å². The third kappa shape index (κ3) is 4.09. The Balaban J connectivity index is 1.56. The molecule has 28 heavy (non-hydrogen) atoms. The number of carbonyl (C=O) groups excluding carboxylic acids is 1. The molecule has 2 aliphatic carbocycles. The minimum Gasteiger partial charge on any atom is -0.393 e. The van der Waals surface area contributed by atoms with Gasteiger partial charge in [-0.1, -0.05) is 24.3 Å². The van der Waals surface area contributed by atoms with Crippen molar-refractivity contribution in [3.63, 3.8) is 0 Å². The summed E-state index contributed by atoms with van der Waals surface area (Å²) in [6.07, 6.45) is 7.70. The summed E-state index contributed by atoms with van der Waals surface area (Å²) in [5.41, 5.74) is 8.42. The zero-order chi connectivity index (χ0) is 19.5. The number of carbonyl (C=O) groups is 1. The number of amides is 1. The lowest BCUT2D eigenvalue weighted by atomic mass is 9.88. The molecule has 0 spiro atoms. The highest BCUT2D eigenvalue weighted by Gasteiger charge is 2.24. The molecule has 1 heterocycles. The van der Waals surface area contributed by atoms with Crippen molar-refractivity contribution in [1.82, 2.24) is 9.97 Å². The minimum absolute atomic E-state index is 0.0695. The SMILES string of the molecule is NC(=O)c1cnc(N[C@@H]2CCCc3ccccc32)nc1N[C@@H]1CCC[C@H](O)C1. The van der Waals surface area contributed by atoms with Crippen molar-refractivity contribution in [1.29, 1.82) is 0 Å². The van der Waals surface area contributed by atoms with Gasteiger partial charge in [0.25, 0.3) is 5.91 Å². The second kappa shape index (κ2) is 8.14. The van der Waals surface area contributed by atoms with E-state index in [4.69, 9.17) is 5.73 Å². The molecule has 1 amide bonds. The first-order valence-corrected chi connectivity index (χ1v) is 10.1. The summed E-state index contributed by atoms with van der Waals surface area (Å²) in [6.45, 7) is 0. The number of rotatable bonds is 5. The van der Waals surface area contributed by atoms with Crippen LogP contribution in [0.4, 0.5) is 11.8 Å². The lowest BCUT2D eigenvalue weighted by molar-refractivity contribution is 0.100. The van der Waals surface area contributed by atoms with E-state index in [-0.39, 0.29) is 23.8 Å². The molecule has 0 unspecified atom stereocenters. The van der Waals surface area contributed by atoms with Crippen molar-refractivity contribution < 1.29 is 9.90 Å². The van der Waals surface area contributed by atoms with Gasteiger partial charge in [-0.25, -0.2) is 4.98 Å². The van der Waals surface area contributed by atoms with Crippen molar-refractivity contribution in [2.75, 3.05) is 10.6 Å². The zero-order valence-corrected chi connectivity index (χ0v) is 15.9. The molecular weight excluding hydrogens is 354 g/mol. The highest BCUT2D eigenvalue weighted by molar-refractivity contribution is 5.97. The molecule has 4 rings (SSSR count). The van der Waals surface area contributed by atoms with Crippen molar-refractivity contribution >= 4 is 17.7 Å². The van der Waals surface area contributed by atoms with Crippen molar-refractivity contribution in [2.24, 2.45) is 5.73 Å². The molecule has 2 aromatic rings. The number of aliphatic hydroxyl groups excluding tert-OH is 1. The summed E-state index contributed by atoms with van der Waals surface area (Å²) in [4.78, 5) is 20.7. The average molecular weight is 381 g/mol. The molecule has 1 saturated carbocycles. The maximum atomic E-state index is 11.8. The van der Waals surface area contributed by atoms with Gasteiger partial charge in [0.1, 0.15) is 5.82 Å². The summed E-state index contributed by atoms with van der Waals surface area (Å²) in [5, 5.41) is 16.7. The van der Waals surface area contributed by atoms with Crippen LogP contribution in [0.15, 0.2) is 30.5 Å². The van der Waals surface area contributed by atoms with Gasteiger partial charge in [0.2, 0.25) is 5.95 Å². The zero-order valence-electron chi connectivity index (χ0n) is 15.9. The predicted octanol–water partition coefficient (Wildman–Crippen LogP) is 2.78. The van der Waals surface area contributed by atoms with E-state index in [1.807, 2.05) is 0 Å². The van der Waals surface area contributed by atoms with E-state index < -0.39 is 5.91 Å². The molecule has 0 aliphatic heterocycles. The number of primary amides is 1. The third-order valence-corrected chi connectivity index (χ3v) is 5.71. The first-order chi connectivity index (χ1) is 13.6. The van der Waals surface area contributed by atoms with E-state index in [2.05, 4.69) is 44.9 Å². The van der Waals surface area contributed by atoms with E-state index >= 15 is 0 Å². The van der Waals surface area contributed by atoms with Crippen LogP contribution in [0.5, 0.6) is 0 Å². The maximum Gasteiger partial charge on any atom is 0.254 e. The second-order valence-corrected chi connectivity index (χ2v) is 7.77. The summed E-state index contributed by atoms with van der Waals surface area (Å²) in [6, 6.07) is 8.65. The molecule has 1 fully saturated rings. The summed E-state index contributed by atoms with van der Waals surface area (Å²) < 4.78 is 0. The Morgan fingerprint density at radius 3 is 2.82 bits per heavy atom. The van der Waals surface area contributed by atoms with Gasteiger partial charge in [-0.05, 0) is 56.1 Å². The van der Waals surface area contributed by atoms with Crippen molar-refractivity contribution in [3.05, 3.63) is 47.2 Å².